The second-order valence-electron chi connectivity index (χ2n) is 2.60. The number of carboxylic acids is 1. The number of aliphatic hydroxyl groups is 1. The monoisotopic (exact) mass is 221 g/mol. The van der Waals surface area contributed by atoms with E-state index in [1.165, 1.54) is 0 Å². The molecule has 0 radical (unpaired) electrons. The molecule has 14 heavy (non-hydrogen) atoms. The lowest BCUT2D eigenvalue weighted by Crippen LogP contribution is -2.42. The molecule has 0 aromatic rings. The predicted molar refractivity (Wildman–Crippen MR) is 54.3 cm³/mol. The van der Waals surface area contributed by atoms with Crippen LogP contribution in [0.15, 0.2) is 0 Å². The van der Waals surface area contributed by atoms with E-state index in [-0.39, 0.29) is 0 Å². The van der Waals surface area contributed by atoms with Crippen molar-refractivity contribution in [3.63, 3.8) is 0 Å². The zero-order chi connectivity index (χ0) is 11.0. The van der Waals surface area contributed by atoms with Crippen molar-refractivity contribution < 1.29 is 19.8 Å². The molecule has 3 N–H and O–H groups in total. The molecule has 0 saturated heterocycles. The van der Waals surface area contributed by atoms with Crippen molar-refractivity contribution in [3.8, 4) is 0 Å². The highest BCUT2D eigenvalue weighted by molar-refractivity contribution is 7.99. The Morgan fingerprint density at radius 1 is 1.50 bits per heavy atom. The number of hydrogen-bond donors (Lipinski definition) is 3. The van der Waals surface area contributed by atoms with Crippen LogP contribution in [0.25, 0.3) is 0 Å². The summed E-state index contributed by atoms with van der Waals surface area (Å²) >= 11 is 1.61. The number of carbonyl (C=O) groups excluding carboxylic acids is 1. The number of rotatable bonds is 7. The van der Waals surface area contributed by atoms with Crippen LogP contribution in [0.1, 0.15) is 13.3 Å². The van der Waals surface area contributed by atoms with Gasteiger partial charge in [-0.2, -0.15) is 11.8 Å². The second kappa shape index (κ2) is 7.64. The Hall–Kier alpha value is -0.750. The van der Waals surface area contributed by atoms with E-state index < -0.39 is 24.5 Å². The topological polar surface area (TPSA) is 86.6 Å². The minimum Gasteiger partial charge on any atom is -0.480 e. The van der Waals surface area contributed by atoms with Gasteiger partial charge in [0.05, 0.1) is 0 Å². The first-order valence-corrected chi connectivity index (χ1v) is 5.48. The molecule has 1 amide bonds. The molecule has 0 aromatic carbocycles. The Kier molecular flexibility index (Phi) is 7.23. The Morgan fingerprint density at radius 2 is 2.14 bits per heavy atom. The number of hydrogen-bond acceptors (Lipinski definition) is 4. The third kappa shape index (κ3) is 5.82. The van der Waals surface area contributed by atoms with Crippen LogP contribution in [0.2, 0.25) is 0 Å². The summed E-state index contributed by atoms with van der Waals surface area (Å²) in [6.07, 6.45) is 0.375. The van der Waals surface area contributed by atoms with Crippen LogP contribution < -0.4 is 5.32 Å². The molecule has 5 nitrogen and oxygen atoms in total. The van der Waals surface area contributed by atoms with Gasteiger partial charge >= 0.3 is 5.97 Å². The minimum atomic E-state index is -1.07. The van der Waals surface area contributed by atoms with Crippen LogP contribution in [-0.2, 0) is 9.59 Å². The molecule has 0 aliphatic heterocycles. The van der Waals surface area contributed by atoms with Crippen LogP contribution >= 0.6 is 11.8 Å². The van der Waals surface area contributed by atoms with Gasteiger partial charge in [-0.1, -0.05) is 6.92 Å². The van der Waals surface area contributed by atoms with Gasteiger partial charge in [-0.3, -0.25) is 4.79 Å². The maximum atomic E-state index is 10.7. The Bertz CT molecular complexity index is 198. The summed E-state index contributed by atoms with van der Waals surface area (Å²) in [6, 6.07) is -0.895. The highest BCUT2D eigenvalue weighted by Gasteiger charge is 2.18. The summed E-state index contributed by atoms with van der Waals surface area (Å²) in [7, 11) is 0. The van der Waals surface area contributed by atoms with Gasteiger partial charge in [-0.25, -0.2) is 4.79 Å². The largest absolute Gasteiger partial charge is 0.480 e. The van der Waals surface area contributed by atoms with Gasteiger partial charge in [-0.15, -0.1) is 0 Å². The molecule has 0 aliphatic carbocycles. The fourth-order valence-electron chi connectivity index (χ4n) is 0.843. The summed E-state index contributed by atoms with van der Waals surface area (Å²) in [4.78, 5) is 21.4. The molecule has 1 unspecified atom stereocenters. The van der Waals surface area contributed by atoms with E-state index in [1.54, 1.807) is 11.8 Å². The van der Waals surface area contributed by atoms with Crippen LogP contribution in [0.4, 0.5) is 0 Å². The molecule has 0 bridgehead atoms. The van der Waals surface area contributed by atoms with Crippen molar-refractivity contribution in [2.45, 2.75) is 19.4 Å². The maximum absolute atomic E-state index is 10.7. The minimum absolute atomic E-state index is 0.375. The molecule has 0 saturated carbocycles. The highest BCUT2D eigenvalue weighted by Crippen LogP contribution is 2.04. The lowest BCUT2D eigenvalue weighted by atomic mass is 10.2. The van der Waals surface area contributed by atoms with Crippen LogP contribution in [0, 0.1) is 0 Å². The van der Waals surface area contributed by atoms with Gasteiger partial charge in [-0.05, 0) is 17.9 Å². The summed E-state index contributed by atoms with van der Waals surface area (Å²) in [5.41, 5.74) is 0. The van der Waals surface area contributed by atoms with Gasteiger partial charge in [0, 0.05) is 0 Å². The molecule has 0 aromatic heterocycles. The van der Waals surface area contributed by atoms with Crippen molar-refractivity contribution in [1.82, 2.24) is 5.32 Å². The molecule has 1 atom stereocenters. The predicted octanol–water partition coefficient (Wildman–Crippen LogP) is -0.309. The third-order valence-electron chi connectivity index (χ3n) is 1.53. The van der Waals surface area contributed by atoms with E-state index in [9.17, 15) is 9.59 Å². The lowest BCUT2D eigenvalue weighted by Gasteiger charge is -2.12. The fraction of sp³-hybridized carbons (Fsp3) is 0.750. The Balaban J connectivity index is 3.90. The Labute approximate surface area is 86.9 Å². The molecule has 0 heterocycles. The van der Waals surface area contributed by atoms with E-state index >= 15 is 0 Å². The number of carbonyl (C=O) groups is 2. The number of amides is 1. The van der Waals surface area contributed by atoms with Crippen molar-refractivity contribution in [3.05, 3.63) is 0 Å². The first-order chi connectivity index (χ1) is 6.61. The van der Waals surface area contributed by atoms with Crippen LogP contribution in [0.5, 0.6) is 0 Å². The normalized spacial score (nSPS) is 12.1. The van der Waals surface area contributed by atoms with Gasteiger partial charge in [0.1, 0.15) is 12.6 Å². The molecular weight excluding hydrogens is 206 g/mol. The fourth-order valence-corrected chi connectivity index (χ4v) is 1.53. The second-order valence-corrected chi connectivity index (χ2v) is 4.00. The SMILES string of the molecule is CCSCCC(NC(=O)CO)C(=O)O. The molecule has 0 spiro atoms. The van der Waals surface area contributed by atoms with Crippen LogP contribution in [0.3, 0.4) is 0 Å². The van der Waals surface area contributed by atoms with E-state index in [0.29, 0.717) is 12.2 Å². The Morgan fingerprint density at radius 3 is 2.57 bits per heavy atom. The number of nitrogens with one attached hydrogen (secondary N) is 1. The number of carboxylic acid groups (broad SMARTS) is 1. The van der Waals surface area contributed by atoms with Crippen molar-refractivity contribution >= 4 is 23.6 Å². The first-order valence-electron chi connectivity index (χ1n) is 4.32. The summed E-state index contributed by atoms with van der Waals surface area (Å²) in [5.74, 6) is -0.123. The zero-order valence-corrected chi connectivity index (χ0v) is 8.84. The third-order valence-corrected chi connectivity index (χ3v) is 2.46. The van der Waals surface area contributed by atoms with Gasteiger partial charge in [0.25, 0.3) is 0 Å². The average molecular weight is 221 g/mol. The molecule has 0 aliphatic rings. The first kappa shape index (κ1) is 13.2. The summed E-state index contributed by atoms with van der Waals surface area (Å²) < 4.78 is 0. The smallest absolute Gasteiger partial charge is 0.326 e. The van der Waals surface area contributed by atoms with Gasteiger partial charge in [0.15, 0.2) is 0 Å². The van der Waals surface area contributed by atoms with E-state index in [2.05, 4.69) is 5.32 Å². The molecular formula is C8H15NO4S. The summed E-state index contributed by atoms with van der Waals surface area (Å²) in [5, 5.41) is 19.4. The molecule has 6 heteroatoms. The van der Waals surface area contributed by atoms with E-state index in [0.717, 1.165) is 5.75 Å². The average Bonchev–Trinajstić information content (AvgIpc) is 2.16. The standard InChI is InChI=1S/C8H15NO4S/c1-2-14-4-3-6(8(12)13)9-7(11)5-10/h6,10H,2-5H2,1H3,(H,9,11)(H,12,13). The molecule has 82 valence electrons. The maximum Gasteiger partial charge on any atom is 0.326 e. The zero-order valence-electron chi connectivity index (χ0n) is 8.02. The van der Waals surface area contributed by atoms with Crippen molar-refractivity contribution in [1.29, 1.82) is 0 Å². The van der Waals surface area contributed by atoms with E-state index in [4.69, 9.17) is 10.2 Å². The van der Waals surface area contributed by atoms with Crippen molar-refractivity contribution in [2.24, 2.45) is 0 Å². The van der Waals surface area contributed by atoms with Gasteiger partial charge < -0.3 is 15.5 Å². The highest BCUT2D eigenvalue weighted by atomic mass is 32.2. The molecule has 0 rings (SSSR count). The van der Waals surface area contributed by atoms with E-state index in [1.807, 2.05) is 6.92 Å². The number of thioether (sulfide) groups is 1. The van der Waals surface area contributed by atoms with Crippen LogP contribution in [-0.4, -0.2) is 46.2 Å². The van der Waals surface area contributed by atoms with Crippen molar-refractivity contribution in [2.75, 3.05) is 18.1 Å². The number of aliphatic carboxylic acids is 1. The van der Waals surface area contributed by atoms with Gasteiger partial charge in [0.2, 0.25) is 5.91 Å². The lowest BCUT2D eigenvalue weighted by molar-refractivity contribution is -0.142. The summed E-state index contributed by atoms with van der Waals surface area (Å²) in [6.45, 7) is 1.30. The quantitative estimate of drug-likeness (QED) is 0.513. The number of aliphatic hydroxyl groups excluding tert-OH is 1. The molecule has 0 fully saturated rings.